The van der Waals surface area contributed by atoms with Crippen molar-refractivity contribution in [2.45, 2.75) is 40.3 Å². The average Bonchev–Trinajstić information content (AvgIpc) is 3.17. The Morgan fingerprint density at radius 1 is 1.23 bits per heavy atom. The van der Waals surface area contributed by atoms with E-state index in [1.165, 1.54) is 0 Å². The maximum atomic E-state index is 12.5. The van der Waals surface area contributed by atoms with E-state index < -0.39 is 10.0 Å². The van der Waals surface area contributed by atoms with E-state index in [0.29, 0.717) is 38.6 Å². The lowest BCUT2D eigenvalue weighted by molar-refractivity contribution is 0.0904. The highest BCUT2D eigenvalue weighted by Gasteiger charge is 2.28. The van der Waals surface area contributed by atoms with Crippen LogP contribution in [0.25, 0.3) is 0 Å². The number of halogens is 1. The van der Waals surface area contributed by atoms with E-state index in [4.69, 9.17) is 9.73 Å². The Hall–Kier alpha value is -0.920. The summed E-state index contributed by atoms with van der Waals surface area (Å²) >= 11 is 0. The van der Waals surface area contributed by atoms with Crippen molar-refractivity contribution in [2.24, 2.45) is 10.9 Å². The minimum absolute atomic E-state index is 0. The van der Waals surface area contributed by atoms with Crippen LogP contribution in [0.2, 0.25) is 0 Å². The molecule has 2 rings (SSSR count). The number of nitrogens with one attached hydrogen (secondary N) is 1. The molecule has 1 aromatic heterocycles. The average molecular weight is 557 g/mol. The van der Waals surface area contributed by atoms with Gasteiger partial charge in [-0.25, -0.2) is 8.42 Å². The molecule has 1 aromatic rings. The summed E-state index contributed by atoms with van der Waals surface area (Å²) in [6, 6.07) is 1.92. The molecule has 9 nitrogen and oxygen atoms in total. The number of rotatable bonds is 10. The van der Waals surface area contributed by atoms with Crippen LogP contribution in [-0.2, 0) is 21.3 Å². The summed E-state index contributed by atoms with van der Waals surface area (Å²) in [6.45, 7) is 12.7. The minimum Gasteiger partial charge on any atom is -0.378 e. The zero-order chi connectivity index (χ0) is 21.3. The van der Waals surface area contributed by atoms with Crippen molar-refractivity contribution < 1.29 is 13.2 Å². The predicted octanol–water partition coefficient (Wildman–Crippen LogP) is 1.48. The molecule has 0 aliphatic carbocycles. The number of aromatic nitrogens is 2. The first-order valence-corrected chi connectivity index (χ1v) is 12.0. The standard InChI is InChI=1S/C19H36N6O3S.HI/c1-5-20-19(21-15-18(4)16-24-8-6-7-22-24)23-9-11-25(12-10-23)29(26,27)14-13-28-17(2)3;/h6-8,17-18H,5,9-16H2,1-4H3,(H,20,21);1H. The maximum absolute atomic E-state index is 12.5. The van der Waals surface area contributed by atoms with Gasteiger partial charge in [-0.1, -0.05) is 6.92 Å². The van der Waals surface area contributed by atoms with E-state index in [2.05, 4.69) is 22.2 Å². The highest BCUT2D eigenvalue weighted by Crippen LogP contribution is 2.10. The molecule has 0 radical (unpaired) electrons. The van der Waals surface area contributed by atoms with Crippen molar-refractivity contribution in [2.75, 3.05) is 51.6 Å². The molecule has 2 heterocycles. The van der Waals surface area contributed by atoms with E-state index in [1.807, 2.05) is 37.7 Å². The number of ether oxygens (including phenoxy) is 1. The number of guanidine groups is 1. The Balaban J connectivity index is 0.00000450. The molecule has 0 saturated carbocycles. The van der Waals surface area contributed by atoms with Gasteiger partial charge in [0.25, 0.3) is 0 Å². The normalized spacial score (nSPS) is 17.1. The molecule has 0 bridgehead atoms. The van der Waals surface area contributed by atoms with Crippen molar-refractivity contribution in [3.63, 3.8) is 0 Å². The smallest absolute Gasteiger partial charge is 0.216 e. The first-order chi connectivity index (χ1) is 13.8. The Labute approximate surface area is 198 Å². The van der Waals surface area contributed by atoms with Gasteiger partial charge < -0.3 is 15.0 Å². The molecule has 174 valence electrons. The van der Waals surface area contributed by atoms with Gasteiger partial charge in [0.1, 0.15) is 0 Å². The van der Waals surface area contributed by atoms with E-state index in [-0.39, 0.29) is 42.4 Å². The summed E-state index contributed by atoms with van der Waals surface area (Å²) in [4.78, 5) is 6.92. The van der Waals surface area contributed by atoms with Gasteiger partial charge in [-0.05, 0) is 32.8 Å². The van der Waals surface area contributed by atoms with Crippen LogP contribution in [-0.4, -0.2) is 91.1 Å². The number of hydrogen-bond acceptors (Lipinski definition) is 5. The largest absolute Gasteiger partial charge is 0.378 e. The van der Waals surface area contributed by atoms with Crippen molar-refractivity contribution in [1.82, 2.24) is 24.3 Å². The fourth-order valence-corrected chi connectivity index (χ4v) is 4.43. The van der Waals surface area contributed by atoms with Crippen LogP contribution in [0.5, 0.6) is 0 Å². The quantitative estimate of drug-likeness (QED) is 0.267. The number of aliphatic imine (C=N–C) groups is 1. The number of hydrogen-bond donors (Lipinski definition) is 1. The molecule has 0 aromatic carbocycles. The van der Waals surface area contributed by atoms with Crippen molar-refractivity contribution in [1.29, 1.82) is 0 Å². The van der Waals surface area contributed by atoms with Crippen LogP contribution in [0.1, 0.15) is 27.7 Å². The van der Waals surface area contributed by atoms with Crippen LogP contribution in [0.3, 0.4) is 0 Å². The Kier molecular flexibility index (Phi) is 12.2. The molecular weight excluding hydrogens is 519 g/mol. The Bertz CT molecular complexity index is 719. The van der Waals surface area contributed by atoms with Crippen LogP contribution in [0.15, 0.2) is 23.5 Å². The summed E-state index contributed by atoms with van der Waals surface area (Å²) in [7, 11) is -3.28. The predicted molar refractivity (Wildman–Crippen MR) is 131 cm³/mol. The van der Waals surface area contributed by atoms with Crippen molar-refractivity contribution in [3.8, 4) is 0 Å². The zero-order valence-corrected chi connectivity index (χ0v) is 21.7. The third-order valence-corrected chi connectivity index (χ3v) is 6.50. The molecule has 11 heteroatoms. The number of sulfonamides is 1. The number of piperazine rings is 1. The molecule has 1 N–H and O–H groups in total. The summed E-state index contributed by atoms with van der Waals surface area (Å²) in [5.74, 6) is 1.23. The van der Waals surface area contributed by atoms with Crippen molar-refractivity contribution in [3.05, 3.63) is 18.5 Å². The Morgan fingerprint density at radius 3 is 2.50 bits per heavy atom. The lowest BCUT2D eigenvalue weighted by atomic mass is 10.2. The molecule has 1 saturated heterocycles. The highest BCUT2D eigenvalue weighted by molar-refractivity contribution is 14.0. The van der Waals surface area contributed by atoms with E-state index >= 15 is 0 Å². The molecule has 1 aliphatic heterocycles. The summed E-state index contributed by atoms with van der Waals surface area (Å²) in [5, 5.41) is 7.57. The van der Waals surface area contributed by atoms with Gasteiger partial charge in [0.15, 0.2) is 5.96 Å². The molecule has 1 unspecified atom stereocenters. The molecule has 1 fully saturated rings. The molecular formula is C19H37IN6O3S. The minimum atomic E-state index is -3.28. The second-order valence-electron chi connectivity index (χ2n) is 7.65. The zero-order valence-electron chi connectivity index (χ0n) is 18.5. The Morgan fingerprint density at radius 2 is 1.93 bits per heavy atom. The van der Waals surface area contributed by atoms with Gasteiger partial charge >= 0.3 is 0 Å². The van der Waals surface area contributed by atoms with E-state index in [0.717, 1.165) is 19.0 Å². The second kappa shape index (κ2) is 13.5. The lowest BCUT2D eigenvalue weighted by Crippen LogP contribution is -2.54. The van der Waals surface area contributed by atoms with Crippen molar-refractivity contribution >= 4 is 40.0 Å². The van der Waals surface area contributed by atoms with Crippen LogP contribution >= 0.6 is 24.0 Å². The maximum Gasteiger partial charge on any atom is 0.216 e. The van der Waals surface area contributed by atoms with Gasteiger partial charge in [-0.2, -0.15) is 9.40 Å². The fourth-order valence-electron chi connectivity index (χ4n) is 3.15. The summed E-state index contributed by atoms with van der Waals surface area (Å²) in [6.07, 6.45) is 3.77. The number of nitrogens with zero attached hydrogens (tertiary/aromatic N) is 5. The summed E-state index contributed by atoms with van der Waals surface area (Å²) in [5.41, 5.74) is 0. The lowest BCUT2D eigenvalue weighted by Gasteiger charge is -2.36. The summed E-state index contributed by atoms with van der Waals surface area (Å²) < 4.78 is 33.9. The molecule has 0 amide bonds. The van der Waals surface area contributed by atoms with Gasteiger partial charge in [-0.15, -0.1) is 24.0 Å². The van der Waals surface area contributed by atoms with E-state index in [1.54, 1.807) is 10.5 Å². The second-order valence-corrected chi connectivity index (χ2v) is 9.74. The van der Waals surface area contributed by atoms with Gasteiger partial charge in [0, 0.05) is 58.2 Å². The van der Waals surface area contributed by atoms with Crippen LogP contribution in [0.4, 0.5) is 0 Å². The van der Waals surface area contributed by atoms with E-state index in [9.17, 15) is 8.42 Å². The monoisotopic (exact) mass is 556 g/mol. The van der Waals surface area contributed by atoms with Crippen LogP contribution < -0.4 is 5.32 Å². The van der Waals surface area contributed by atoms with Gasteiger partial charge in [0.05, 0.1) is 18.5 Å². The SMILES string of the molecule is CCNC(=NCC(C)Cn1cccn1)N1CCN(S(=O)(=O)CCOC(C)C)CC1.I. The molecule has 30 heavy (non-hydrogen) atoms. The van der Waals surface area contributed by atoms with Crippen LogP contribution in [0, 0.1) is 5.92 Å². The third kappa shape index (κ3) is 9.06. The first-order valence-electron chi connectivity index (χ1n) is 10.4. The molecule has 0 spiro atoms. The molecule has 1 aliphatic rings. The fraction of sp³-hybridized carbons (Fsp3) is 0.789. The third-order valence-electron chi connectivity index (χ3n) is 4.67. The van der Waals surface area contributed by atoms with Gasteiger partial charge in [-0.3, -0.25) is 9.67 Å². The van der Waals surface area contributed by atoms with Gasteiger partial charge in [0.2, 0.25) is 10.0 Å². The topological polar surface area (TPSA) is 92.1 Å². The highest BCUT2D eigenvalue weighted by atomic mass is 127. The first kappa shape index (κ1) is 27.1. The molecule has 1 atom stereocenters.